The number of fused-ring (bicyclic) bond motifs is 1. The molecule has 0 radical (unpaired) electrons. The lowest BCUT2D eigenvalue weighted by Crippen LogP contribution is -2.39. The first kappa shape index (κ1) is 18.0. The Balaban J connectivity index is 1.43. The van der Waals surface area contributed by atoms with Gasteiger partial charge in [0.05, 0.1) is 17.2 Å². The zero-order valence-electron chi connectivity index (χ0n) is 14.3. The number of benzene rings is 1. The largest absolute Gasteiger partial charge is 0.301 e. The molecular formula is C19H20N2O5. The molecule has 7 heteroatoms. The van der Waals surface area contributed by atoms with Crippen LogP contribution in [0.3, 0.4) is 0 Å². The van der Waals surface area contributed by atoms with Gasteiger partial charge in [-0.25, -0.2) is 0 Å². The molecule has 2 heterocycles. The monoisotopic (exact) mass is 356 g/mol. The molecule has 0 N–H and O–H groups in total. The van der Waals surface area contributed by atoms with Gasteiger partial charge in [0, 0.05) is 19.4 Å². The maximum atomic E-state index is 12.2. The molecule has 1 aromatic rings. The van der Waals surface area contributed by atoms with Gasteiger partial charge in [-0.2, -0.15) is 0 Å². The molecule has 4 amide bonds. The van der Waals surface area contributed by atoms with Crippen LogP contribution in [0.5, 0.6) is 0 Å². The maximum absolute atomic E-state index is 12.2. The summed E-state index contributed by atoms with van der Waals surface area (Å²) in [6.07, 6.45) is 3.22. The van der Waals surface area contributed by atoms with Crippen LogP contribution >= 0.6 is 0 Å². The third kappa shape index (κ3) is 3.29. The van der Waals surface area contributed by atoms with Gasteiger partial charge in [-0.1, -0.05) is 18.6 Å². The van der Waals surface area contributed by atoms with Gasteiger partial charge in [0.1, 0.15) is 6.29 Å². The van der Waals surface area contributed by atoms with E-state index in [1.54, 1.807) is 24.3 Å². The molecular weight excluding hydrogens is 336 g/mol. The normalized spacial score (nSPS) is 19.2. The Morgan fingerprint density at radius 3 is 2.31 bits per heavy atom. The van der Waals surface area contributed by atoms with Gasteiger partial charge in [-0.3, -0.25) is 29.0 Å². The third-order valence-corrected chi connectivity index (χ3v) is 4.83. The minimum absolute atomic E-state index is 0.179. The van der Waals surface area contributed by atoms with E-state index in [1.807, 2.05) is 0 Å². The van der Waals surface area contributed by atoms with Crippen LogP contribution in [-0.2, 0) is 14.4 Å². The van der Waals surface area contributed by atoms with Crippen molar-refractivity contribution in [1.82, 2.24) is 9.80 Å². The van der Waals surface area contributed by atoms with Crippen LogP contribution in [0.25, 0.3) is 0 Å². The second-order valence-electron chi connectivity index (χ2n) is 6.52. The van der Waals surface area contributed by atoms with Crippen molar-refractivity contribution in [3.8, 4) is 0 Å². The number of aldehydes is 1. The van der Waals surface area contributed by atoms with E-state index in [2.05, 4.69) is 0 Å². The van der Waals surface area contributed by atoms with E-state index in [0.29, 0.717) is 49.6 Å². The standard InChI is InChI=1S/C19H20N2O5/c22-12-13-9-10-17(24)21(13)16(23)8-2-1-5-11-20-18(25)14-6-3-4-7-15(14)19(20)26/h3-4,6-7,12-13H,1-2,5,8-11H2/t13-/m0/s1. The number of nitrogens with zero attached hydrogens (tertiary/aromatic N) is 2. The van der Waals surface area contributed by atoms with E-state index < -0.39 is 6.04 Å². The van der Waals surface area contributed by atoms with Crippen LogP contribution < -0.4 is 0 Å². The van der Waals surface area contributed by atoms with Crippen molar-refractivity contribution in [3.05, 3.63) is 35.4 Å². The van der Waals surface area contributed by atoms with E-state index in [9.17, 15) is 24.0 Å². The fourth-order valence-corrected chi connectivity index (χ4v) is 3.44. The zero-order chi connectivity index (χ0) is 18.7. The van der Waals surface area contributed by atoms with Gasteiger partial charge < -0.3 is 4.79 Å². The molecule has 0 spiro atoms. The summed E-state index contributed by atoms with van der Waals surface area (Å²) >= 11 is 0. The van der Waals surface area contributed by atoms with Crippen molar-refractivity contribution in [1.29, 1.82) is 0 Å². The second-order valence-corrected chi connectivity index (χ2v) is 6.52. The van der Waals surface area contributed by atoms with Crippen LogP contribution in [0.15, 0.2) is 24.3 Å². The molecule has 0 unspecified atom stereocenters. The van der Waals surface area contributed by atoms with Crippen molar-refractivity contribution in [2.75, 3.05) is 6.54 Å². The number of imide groups is 2. The Labute approximate surface area is 150 Å². The Morgan fingerprint density at radius 2 is 1.69 bits per heavy atom. The highest BCUT2D eigenvalue weighted by Gasteiger charge is 2.35. The highest BCUT2D eigenvalue weighted by molar-refractivity contribution is 6.21. The number of hydrogen-bond donors (Lipinski definition) is 0. The van der Waals surface area contributed by atoms with Crippen molar-refractivity contribution in [2.24, 2.45) is 0 Å². The van der Waals surface area contributed by atoms with Gasteiger partial charge in [0.15, 0.2) is 0 Å². The summed E-state index contributed by atoms with van der Waals surface area (Å²) in [6, 6.07) is 6.11. The lowest BCUT2D eigenvalue weighted by atomic mass is 10.1. The Bertz CT molecular complexity index is 738. The van der Waals surface area contributed by atoms with Gasteiger partial charge in [0.2, 0.25) is 11.8 Å². The number of carbonyl (C=O) groups excluding carboxylic acids is 5. The molecule has 0 bridgehead atoms. The van der Waals surface area contributed by atoms with E-state index in [4.69, 9.17) is 0 Å². The topological polar surface area (TPSA) is 91.8 Å². The van der Waals surface area contributed by atoms with Crippen molar-refractivity contribution >= 4 is 29.9 Å². The minimum Gasteiger partial charge on any atom is -0.301 e. The molecule has 136 valence electrons. The number of rotatable bonds is 7. The first-order valence-electron chi connectivity index (χ1n) is 8.80. The van der Waals surface area contributed by atoms with E-state index in [-0.39, 0.29) is 36.5 Å². The molecule has 2 aliphatic heterocycles. The van der Waals surface area contributed by atoms with E-state index in [0.717, 1.165) is 4.90 Å². The van der Waals surface area contributed by atoms with Crippen molar-refractivity contribution in [3.63, 3.8) is 0 Å². The summed E-state index contributed by atoms with van der Waals surface area (Å²) in [4.78, 5) is 61.5. The number of unbranched alkanes of at least 4 members (excludes halogenated alkanes) is 2. The lowest BCUT2D eigenvalue weighted by molar-refractivity contribution is -0.145. The maximum Gasteiger partial charge on any atom is 0.261 e. The van der Waals surface area contributed by atoms with Gasteiger partial charge in [-0.05, 0) is 31.4 Å². The Hall–Kier alpha value is -2.83. The number of amides is 4. The first-order valence-corrected chi connectivity index (χ1v) is 8.80. The van der Waals surface area contributed by atoms with Crippen LogP contribution in [0, 0.1) is 0 Å². The molecule has 26 heavy (non-hydrogen) atoms. The average molecular weight is 356 g/mol. The average Bonchev–Trinajstić information content (AvgIpc) is 3.14. The quantitative estimate of drug-likeness (QED) is 0.420. The van der Waals surface area contributed by atoms with Crippen molar-refractivity contribution in [2.45, 2.75) is 44.6 Å². The predicted octanol–water partition coefficient (Wildman–Crippen LogP) is 1.56. The molecule has 2 aliphatic rings. The molecule has 0 aliphatic carbocycles. The fourth-order valence-electron chi connectivity index (χ4n) is 3.44. The lowest BCUT2D eigenvalue weighted by Gasteiger charge is -2.18. The Morgan fingerprint density at radius 1 is 1.04 bits per heavy atom. The molecule has 3 rings (SSSR count). The summed E-state index contributed by atoms with van der Waals surface area (Å²) < 4.78 is 0. The fraction of sp³-hybridized carbons (Fsp3) is 0.421. The summed E-state index contributed by atoms with van der Waals surface area (Å²) in [5.74, 6) is -1.18. The summed E-state index contributed by atoms with van der Waals surface area (Å²) in [7, 11) is 0. The summed E-state index contributed by atoms with van der Waals surface area (Å²) in [5, 5.41) is 0. The second kappa shape index (κ2) is 7.59. The molecule has 1 atom stereocenters. The van der Waals surface area contributed by atoms with Gasteiger partial charge >= 0.3 is 0 Å². The highest BCUT2D eigenvalue weighted by Crippen LogP contribution is 2.23. The smallest absolute Gasteiger partial charge is 0.261 e. The SMILES string of the molecule is O=C[C@@H]1CCC(=O)N1C(=O)CCCCCN1C(=O)c2ccccc2C1=O. The summed E-state index contributed by atoms with van der Waals surface area (Å²) in [5.41, 5.74) is 0.861. The van der Waals surface area contributed by atoms with Crippen LogP contribution in [-0.4, -0.2) is 52.3 Å². The Kier molecular flexibility index (Phi) is 5.25. The van der Waals surface area contributed by atoms with E-state index >= 15 is 0 Å². The predicted molar refractivity (Wildman–Crippen MR) is 91.2 cm³/mol. The summed E-state index contributed by atoms with van der Waals surface area (Å²) in [6.45, 7) is 0.306. The van der Waals surface area contributed by atoms with Gasteiger partial charge in [-0.15, -0.1) is 0 Å². The number of hydrogen-bond acceptors (Lipinski definition) is 5. The molecule has 1 saturated heterocycles. The molecule has 0 aromatic heterocycles. The van der Waals surface area contributed by atoms with Gasteiger partial charge in [0.25, 0.3) is 11.8 Å². The zero-order valence-corrected chi connectivity index (χ0v) is 14.3. The van der Waals surface area contributed by atoms with Crippen molar-refractivity contribution < 1.29 is 24.0 Å². The van der Waals surface area contributed by atoms with E-state index in [1.165, 1.54) is 4.90 Å². The first-order chi connectivity index (χ1) is 12.5. The van der Waals surface area contributed by atoms with Crippen LogP contribution in [0.4, 0.5) is 0 Å². The van der Waals surface area contributed by atoms with Crippen LogP contribution in [0.2, 0.25) is 0 Å². The molecule has 1 fully saturated rings. The number of likely N-dealkylation sites (tertiary alicyclic amines) is 1. The number of carbonyl (C=O) groups is 5. The molecule has 1 aromatic carbocycles. The molecule has 7 nitrogen and oxygen atoms in total. The highest BCUT2D eigenvalue weighted by atomic mass is 16.2. The van der Waals surface area contributed by atoms with Crippen LogP contribution in [0.1, 0.15) is 59.2 Å². The third-order valence-electron chi connectivity index (χ3n) is 4.83. The minimum atomic E-state index is -0.631. The molecule has 0 saturated carbocycles.